The first-order valence-corrected chi connectivity index (χ1v) is 6.98. The van der Waals surface area contributed by atoms with Crippen LogP contribution in [-0.2, 0) is 4.74 Å². The number of methoxy groups -OCH3 is 1. The summed E-state index contributed by atoms with van der Waals surface area (Å²) < 4.78 is 5.53. The summed E-state index contributed by atoms with van der Waals surface area (Å²) in [5.41, 5.74) is -0.0714. The van der Waals surface area contributed by atoms with Crippen LogP contribution in [0.2, 0.25) is 5.15 Å². The first kappa shape index (κ1) is 13.7. The molecular formula is C13H17ClN2OS. The first-order valence-electron chi connectivity index (χ1n) is 5.79. The van der Waals surface area contributed by atoms with Crippen LogP contribution in [0.4, 0.5) is 0 Å². The van der Waals surface area contributed by atoms with E-state index in [1.54, 1.807) is 18.4 Å². The predicted octanol–water partition coefficient (Wildman–Crippen LogP) is 4.39. The second kappa shape index (κ2) is 4.76. The molecule has 0 fully saturated rings. The van der Waals surface area contributed by atoms with Crippen molar-refractivity contribution in [2.45, 2.75) is 33.8 Å². The number of hydrogen-bond donors (Lipinski definition) is 0. The molecule has 0 radical (unpaired) electrons. The van der Waals surface area contributed by atoms with E-state index in [2.05, 4.69) is 30.7 Å². The summed E-state index contributed by atoms with van der Waals surface area (Å²) in [6, 6.07) is 2.02. The van der Waals surface area contributed by atoms with Crippen LogP contribution in [0.25, 0.3) is 10.2 Å². The van der Waals surface area contributed by atoms with Crippen LogP contribution >= 0.6 is 22.9 Å². The molecule has 3 nitrogen and oxygen atoms in total. The van der Waals surface area contributed by atoms with E-state index >= 15 is 0 Å². The zero-order valence-electron chi connectivity index (χ0n) is 11.2. The van der Waals surface area contributed by atoms with Crippen LogP contribution in [0.5, 0.6) is 0 Å². The number of nitrogens with zero attached hydrogens (tertiary/aromatic N) is 2. The molecule has 1 unspecified atom stereocenters. The molecule has 2 heterocycles. The minimum Gasteiger partial charge on any atom is -0.373 e. The Balaban J connectivity index is 2.58. The van der Waals surface area contributed by atoms with Crippen LogP contribution < -0.4 is 0 Å². The lowest BCUT2D eigenvalue weighted by Crippen LogP contribution is -2.22. The summed E-state index contributed by atoms with van der Waals surface area (Å²) in [7, 11) is 1.68. The summed E-state index contributed by atoms with van der Waals surface area (Å²) in [5.74, 6) is 0.657. The van der Waals surface area contributed by atoms with Crippen molar-refractivity contribution in [2.24, 2.45) is 5.41 Å². The van der Waals surface area contributed by atoms with Gasteiger partial charge in [-0.1, -0.05) is 32.4 Å². The van der Waals surface area contributed by atoms with Crippen molar-refractivity contribution in [1.82, 2.24) is 9.97 Å². The predicted molar refractivity (Wildman–Crippen MR) is 76.4 cm³/mol. The van der Waals surface area contributed by atoms with Gasteiger partial charge in [0.15, 0.2) is 5.82 Å². The van der Waals surface area contributed by atoms with Crippen LogP contribution in [0.1, 0.15) is 37.6 Å². The van der Waals surface area contributed by atoms with Gasteiger partial charge in [-0.25, -0.2) is 9.97 Å². The Morgan fingerprint density at radius 3 is 2.56 bits per heavy atom. The summed E-state index contributed by atoms with van der Waals surface area (Å²) in [6.45, 7) is 8.34. The molecule has 98 valence electrons. The van der Waals surface area contributed by atoms with Gasteiger partial charge in [0, 0.05) is 17.4 Å². The van der Waals surface area contributed by atoms with E-state index < -0.39 is 0 Å². The van der Waals surface area contributed by atoms with E-state index in [0.717, 1.165) is 10.2 Å². The molecule has 18 heavy (non-hydrogen) atoms. The van der Waals surface area contributed by atoms with Crippen LogP contribution in [0.15, 0.2) is 6.07 Å². The van der Waals surface area contributed by atoms with Crippen LogP contribution in [0.3, 0.4) is 0 Å². The highest BCUT2D eigenvalue weighted by Crippen LogP contribution is 2.36. The number of aryl methyl sites for hydroxylation is 1. The van der Waals surface area contributed by atoms with E-state index in [-0.39, 0.29) is 11.5 Å². The Bertz CT molecular complexity index is 574. The molecule has 0 bridgehead atoms. The minimum atomic E-state index is -0.165. The van der Waals surface area contributed by atoms with Gasteiger partial charge in [0.05, 0.1) is 0 Å². The van der Waals surface area contributed by atoms with Gasteiger partial charge in [-0.3, -0.25) is 0 Å². The second-order valence-corrected chi connectivity index (χ2v) is 7.02. The van der Waals surface area contributed by atoms with Crippen molar-refractivity contribution < 1.29 is 4.74 Å². The molecule has 0 aliphatic rings. The van der Waals surface area contributed by atoms with E-state index in [1.165, 1.54) is 4.88 Å². The lowest BCUT2D eigenvalue weighted by Gasteiger charge is -2.27. The van der Waals surface area contributed by atoms with Crippen molar-refractivity contribution in [1.29, 1.82) is 0 Å². The van der Waals surface area contributed by atoms with E-state index in [1.807, 2.05) is 13.0 Å². The first-order chi connectivity index (χ1) is 8.32. The third-order valence-corrected chi connectivity index (χ3v) is 3.98. The fourth-order valence-electron chi connectivity index (χ4n) is 1.99. The van der Waals surface area contributed by atoms with Gasteiger partial charge in [-0.05, 0) is 18.4 Å². The SMILES string of the molecule is COC(c1nc(Cl)c2cc(C)sc2n1)C(C)(C)C. The monoisotopic (exact) mass is 284 g/mol. The van der Waals surface area contributed by atoms with Gasteiger partial charge in [-0.15, -0.1) is 11.3 Å². The maximum Gasteiger partial charge on any atom is 0.161 e. The fraction of sp³-hybridized carbons (Fsp3) is 0.538. The summed E-state index contributed by atoms with van der Waals surface area (Å²) in [5, 5.41) is 1.43. The third kappa shape index (κ3) is 2.51. The maximum absolute atomic E-state index is 6.23. The van der Waals surface area contributed by atoms with Gasteiger partial charge < -0.3 is 4.74 Å². The fourth-order valence-corrected chi connectivity index (χ4v) is 3.16. The molecule has 0 amide bonds. The summed E-state index contributed by atoms with van der Waals surface area (Å²) in [6.07, 6.45) is -0.165. The molecule has 5 heteroatoms. The molecule has 1 atom stereocenters. The molecule has 2 aromatic heterocycles. The molecule has 0 aliphatic carbocycles. The zero-order chi connectivity index (χ0) is 13.5. The Morgan fingerprint density at radius 2 is 2.00 bits per heavy atom. The van der Waals surface area contributed by atoms with Crippen molar-refractivity contribution in [2.75, 3.05) is 7.11 Å². The van der Waals surface area contributed by atoms with Crippen molar-refractivity contribution >= 4 is 33.2 Å². The van der Waals surface area contributed by atoms with Gasteiger partial charge in [0.1, 0.15) is 16.1 Å². The Hall–Kier alpha value is -0.710. The number of aromatic nitrogens is 2. The van der Waals surface area contributed by atoms with Gasteiger partial charge in [0.25, 0.3) is 0 Å². The van der Waals surface area contributed by atoms with E-state index in [0.29, 0.717) is 11.0 Å². The largest absolute Gasteiger partial charge is 0.373 e. The quantitative estimate of drug-likeness (QED) is 0.767. The number of halogens is 1. The number of ether oxygens (including phenoxy) is 1. The molecule has 0 N–H and O–H groups in total. The van der Waals surface area contributed by atoms with Crippen molar-refractivity contribution in [3.05, 3.63) is 21.9 Å². The average Bonchev–Trinajstić information content (AvgIpc) is 2.58. The van der Waals surface area contributed by atoms with Gasteiger partial charge >= 0.3 is 0 Å². The van der Waals surface area contributed by atoms with Crippen molar-refractivity contribution in [3.8, 4) is 0 Å². The molecule has 0 spiro atoms. The van der Waals surface area contributed by atoms with Gasteiger partial charge in [0.2, 0.25) is 0 Å². The number of hydrogen-bond acceptors (Lipinski definition) is 4. The number of rotatable bonds is 2. The Morgan fingerprint density at radius 1 is 1.33 bits per heavy atom. The highest BCUT2D eigenvalue weighted by atomic mass is 35.5. The van der Waals surface area contributed by atoms with Gasteiger partial charge in [-0.2, -0.15) is 0 Å². The third-order valence-electron chi connectivity index (χ3n) is 2.74. The highest BCUT2D eigenvalue weighted by molar-refractivity contribution is 7.18. The standard InChI is InChI=1S/C13H17ClN2OS/c1-7-6-8-10(14)15-11(16-12(8)18-7)9(17-5)13(2,3)4/h6,9H,1-5H3. The topological polar surface area (TPSA) is 35.0 Å². The Kier molecular flexibility index (Phi) is 3.63. The normalized spacial score (nSPS) is 14.1. The lowest BCUT2D eigenvalue weighted by atomic mass is 9.88. The van der Waals surface area contributed by atoms with Crippen LogP contribution in [0, 0.1) is 12.3 Å². The maximum atomic E-state index is 6.23. The molecule has 2 aromatic rings. The zero-order valence-corrected chi connectivity index (χ0v) is 12.8. The smallest absolute Gasteiger partial charge is 0.161 e. The van der Waals surface area contributed by atoms with E-state index in [4.69, 9.17) is 16.3 Å². The molecule has 0 saturated heterocycles. The lowest BCUT2D eigenvalue weighted by molar-refractivity contribution is 0.00895. The molecule has 0 aromatic carbocycles. The Labute approximate surface area is 116 Å². The molecule has 0 saturated carbocycles. The second-order valence-electron chi connectivity index (χ2n) is 5.43. The summed E-state index contributed by atoms with van der Waals surface area (Å²) >= 11 is 7.85. The minimum absolute atomic E-state index is 0.0714. The molecule has 2 rings (SSSR count). The highest BCUT2D eigenvalue weighted by Gasteiger charge is 2.29. The van der Waals surface area contributed by atoms with E-state index in [9.17, 15) is 0 Å². The average molecular weight is 285 g/mol. The molecular weight excluding hydrogens is 268 g/mol. The van der Waals surface area contributed by atoms with Crippen LogP contribution in [-0.4, -0.2) is 17.1 Å². The number of thiophene rings is 1. The van der Waals surface area contributed by atoms with Crippen molar-refractivity contribution in [3.63, 3.8) is 0 Å². The summed E-state index contributed by atoms with van der Waals surface area (Å²) in [4.78, 5) is 11.1. The number of fused-ring (bicyclic) bond motifs is 1. The molecule has 0 aliphatic heterocycles.